The van der Waals surface area contributed by atoms with Crippen molar-refractivity contribution in [3.05, 3.63) is 113 Å². The molecule has 4 heteroatoms. The molecular formula is C26H18N4. The summed E-state index contributed by atoms with van der Waals surface area (Å²) in [7, 11) is 0. The molecule has 2 heterocycles. The summed E-state index contributed by atoms with van der Waals surface area (Å²) in [5.41, 5.74) is 6.74. The number of hydrogen-bond donors (Lipinski definition) is 0. The molecule has 2 aromatic heterocycles. The molecule has 0 fully saturated rings. The molecule has 0 atom stereocenters. The van der Waals surface area contributed by atoms with Crippen LogP contribution >= 0.6 is 0 Å². The van der Waals surface area contributed by atoms with Gasteiger partial charge < -0.3 is 0 Å². The van der Waals surface area contributed by atoms with Crippen LogP contribution in [0.25, 0.3) is 27.4 Å². The van der Waals surface area contributed by atoms with Gasteiger partial charge in [-0.05, 0) is 60.9 Å². The monoisotopic (exact) mass is 386 g/mol. The number of hydrogen-bond acceptors (Lipinski definition) is 3. The summed E-state index contributed by atoms with van der Waals surface area (Å²) in [5.74, 6) is 0. The van der Waals surface area contributed by atoms with E-state index >= 15 is 0 Å². The molecule has 4 nitrogen and oxygen atoms in total. The Bertz CT molecular complexity index is 1260. The van der Waals surface area contributed by atoms with Crippen molar-refractivity contribution in [1.82, 2.24) is 9.97 Å². The van der Waals surface area contributed by atoms with Crippen LogP contribution in [0.4, 0.5) is 5.69 Å². The Kier molecular flexibility index (Phi) is 5.60. The van der Waals surface area contributed by atoms with Gasteiger partial charge in [0, 0.05) is 17.5 Å². The summed E-state index contributed by atoms with van der Waals surface area (Å²) in [6, 6.07) is 27.2. The van der Waals surface area contributed by atoms with Crippen molar-refractivity contribution in [1.29, 1.82) is 5.26 Å². The molecular weight excluding hydrogens is 368 g/mol. The maximum absolute atomic E-state index is 9.16. The standard InChI is InChI=1S/C26H18N4/c1-28-24-16-19(11-12-23-8-2-3-13-29-23)14-22(17-24)26-10-5-9-25(30-26)21-7-4-6-20(15-21)18-27/h2-10,13-17H,11-12H2. The molecule has 2 aromatic carbocycles. The van der Waals surface area contributed by atoms with E-state index in [2.05, 4.69) is 22.0 Å². The summed E-state index contributed by atoms with van der Waals surface area (Å²) >= 11 is 0. The lowest BCUT2D eigenvalue weighted by atomic mass is 10.0. The van der Waals surface area contributed by atoms with Crippen molar-refractivity contribution in [2.45, 2.75) is 12.8 Å². The van der Waals surface area contributed by atoms with Crippen molar-refractivity contribution in [2.75, 3.05) is 0 Å². The number of rotatable bonds is 5. The van der Waals surface area contributed by atoms with Crippen LogP contribution in [0.3, 0.4) is 0 Å². The van der Waals surface area contributed by atoms with Crippen LogP contribution in [-0.2, 0) is 12.8 Å². The van der Waals surface area contributed by atoms with Gasteiger partial charge in [0.15, 0.2) is 5.69 Å². The lowest BCUT2D eigenvalue weighted by molar-refractivity contribution is 0.914. The first-order chi connectivity index (χ1) is 14.7. The minimum absolute atomic E-state index is 0.599. The van der Waals surface area contributed by atoms with Gasteiger partial charge >= 0.3 is 0 Å². The van der Waals surface area contributed by atoms with E-state index in [4.69, 9.17) is 16.8 Å². The van der Waals surface area contributed by atoms with Crippen LogP contribution in [0, 0.1) is 17.9 Å². The lowest BCUT2D eigenvalue weighted by Crippen LogP contribution is -1.95. The second-order valence-corrected chi connectivity index (χ2v) is 6.92. The minimum atomic E-state index is 0.599. The van der Waals surface area contributed by atoms with Gasteiger partial charge in [0.25, 0.3) is 0 Å². The zero-order valence-corrected chi connectivity index (χ0v) is 16.3. The third-order valence-electron chi connectivity index (χ3n) is 4.83. The van der Waals surface area contributed by atoms with Gasteiger partial charge in [-0.2, -0.15) is 5.26 Å². The fourth-order valence-corrected chi connectivity index (χ4v) is 3.35. The summed E-state index contributed by atoms with van der Waals surface area (Å²) in [5, 5.41) is 9.16. The Balaban J connectivity index is 1.66. The smallest absolute Gasteiger partial charge is 0.188 e. The Hall–Kier alpha value is -4.28. The molecule has 0 amide bonds. The van der Waals surface area contributed by atoms with Crippen molar-refractivity contribution in [3.63, 3.8) is 0 Å². The van der Waals surface area contributed by atoms with E-state index in [1.807, 2.05) is 66.7 Å². The third-order valence-corrected chi connectivity index (χ3v) is 4.83. The SMILES string of the molecule is [C-]#[N+]c1cc(CCc2ccccn2)cc(-c2cccc(-c3cccc(C#N)c3)n2)c1. The number of nitriles is 1. The molecule has 0 saturated heterocycles. The van der Waals surface area contributed by atoms with Crippen molar-refractivity contribution >= 4 is 5.69 Å². The van der Waals surface area contributed by atoms with Gasteiger partial charge in [-0.25, -0.2) is 9.83 Å². The van der Waals surface area contributed by atoms with E-state index in [1.165, 1.54) is 0 Å². The zero-order chi connectivity index (χ0) is 20.8. The van der Waals surface area contributed by atoms with Gasteiger partial charge in [0.2, 0.25) is 0 Å². The van der Waals surface area contributed by atoms with Gasteiger partial charge in [-0.15, -0.1) is 0 Å². The molecule has 142 valence electrons. The maximum Gasteiger partial charge on any atom is 0.188 e. The fraction of sp³-hybridized carbons (Fsp3) is 0.0769. The van der Waals surface area contributed by atoms with E-state index in [1.54, 1.807) is 12.3 Å². The molecule has 0 aliphatic rings. The number of benzene rings is 2. The van der Waals surface area contributed by atoms with E-state index in [0.717, 1.165) is 46.6 Å². The average molecular weight is 386 g/mol. The highest BCUT2D eigenvalue weighted by Gasteiger charge is 2.08. The minimum Gasteiger partial charge on any atom is -0.261 e. The molecule has 0 aliphatic heterocycles. The van der Waals surface area contributed by atoms with Crippen LogP contribution in [-0.4, -0.2) is 9.97 Å². The highest BCUT2D eigenvalue weighted by Crippen LogP contribution is 2.28. The molecule has 4 aromatic rings. The number of aromatic nitrogens is 2. The summed E-state index contributed by atoms with van der Waals surface area (Å²) < 4.78 is 0. The van der Waals surface area contributed by atoms with Gasteiger partial charge in [-0.3, -0.25) is 4.98 Å². The van der Waals surface area contributed by atoms with Crippen LogP contribution in [0.1, 0.15) is 16.8 Å². The predicted octanol–water partition coefficient (Wildman–Crippen LogP) is 6.02. The Morgan fingerprint density at radius 2 is 1.67 bits per heavy atom. The quantitative estimate of drug-likeness (QED) is 0.394. The van der Waals surface area contributed by atoms with E-state index in [9.17, 15) is 0 Å². The van der Waals surface area contributed by atoms with Crippen LogP contribution in [0.15, 0.2) is 85.1 Å². The van der Waals surface area contributed by atoms with Crippen molar-refractivity contribution < 1.29 is 0 Å². The summed E-state index contributed by atoms with van der Waals surface area (Å²) in [6.45, 7) is 7.48. The molecule has 0 unspecified atom stereocenters. The highest BCUT2D eigenvalue weighted by molar-refractivity contribution is 5.70. The molecule has 0 aliphatic carbocycles. The van der Waals surface area contributed by atoms with Crippen LogP contribution in [0.5, 0.6) is 0 Å². The van der Waals surface area contributed by atoms with Crippen LogP contribution in [0.2, 0.25) is 0 Å². The number of pyridine rings is 2. The maximum atomic E-state index is 9.16. The van der Waals surface area contributed by atoms with E-state index < -0.39 is 0 Å². The Morgan fingerprint density at radius 1 is 0.833 bits per heavy atom. The lowest BCUT2D eigenvalue weighted by Gasteiger charge is -2.09. The third kappa shape index (κ3) is 4.41. The van der Waals surface area contributed by atoms with Crippen LogP contribution < -0.4 is 0 Å². The van der Waals surface area contributed by atoms with Gasteiger partial charge in [0.1, 0.15) is 0 Å². The van der Waals surface area contributed by atoms with E-state index in [0.29, 0.717) is 11.3 Å². The molecule has 4 rings (SSSR count). The Labute approximate surface area is 175 Å². The van der Waals surface area contributed by atoms with E-state index in [-0.39, 0.29) is 0 Å². The zero-order valence-electron chi connectivity index (χ0n) is 16.3. The highest BCUT2D eigenvalue weighted by atomic mass is 14.7. The normalized spacial score (nSPS) is 10.2. The van der Waals surface area contributed by atoms with Gasteiger partial charge in [0.05, 0.1) is 29.6 Å². The molecule has 0 bridgehead atoms. The van der Waals surface area contributed by atoms with Gasteiger partial charge in [-0.1, -0.05) is 42.0 Å². The second-order valence-electron chi connectivity index (χ2n) is 6.92. The first-order valence-corrected chi connectivity index (χ1v) is 9.64. The number of aryl methyl sites for hydroxylation is 2. The molecule has 0 N–H and O–H groups in total. The Morgan fingerprint density at radius 3 is 2.43 bits per heavy atom. The average Bonchev–Trinajstić information content (AvgIpc) is 2.83. The fourth-order valence-electron chi connectivity index (χ4n) is 3.35. The number of nitrogens with zero attached hydrogens (tertiary/aromatic N) is 4. The van der Waals surface area contributed by atoms with Crippen molar-refractivity contribution in [3.8, 4) is 28.6 Å². The first-order valence-electron chi connectivity index (χ1n) is 9.64. The van der Waals surface area contributed by atoms with Crippen molar-refractivity contribution in [2.24, 2.45) is 0 Å². The largest absolute Gasteiger partial charge is 0.261 e. The first kappa shape index (κ1) is 19.1. The molecule has 0 radical (unpaired) electrons. The second kappa shape index (κ2) is 8.82. The summed E-state index contributed by atoms with van der Waals surface area (Å²) in [4.78, 5) is 12.8. The molecule has 0 spiro atoms. The molecule has 0 saturated carbocycles. The predicted molar refractivity (Wildman–Crippen MR) is 118 cm³/mol. The topological polar surface area (TPSA) is 53.9 Å². The summed E-state index contributed by atoms with van der Waals surface area (Å²) in [6.07, 6.45) is 3.42. The molecule has 30 heavy (non-hydrogen) atoms.